The molecule has 0 spiro atoms. The number of carbonyl (C=O) groups excluding carboxylic acids is 2. The first-order chi connectivity index (χ1) is 13.6. The summed E-state index contributed by atoms with van der Waals surface area (Å²) in [6, 6.07) is 14.2. The summed E-state index contributed by atoms with van der Waals surface area (Å²) < 4.78 is 21.2. The first-order valence-electron chi connectivity index (χ1n) is 9.24. The Hall–Kier alpha value is -2.86. The molecule has 0 bridgehead atoms. The van der Waals surface area contributed by atoms with Gasteiger partial charge in [-0.2, -0.15) is 0 Å². The topological polar surface area (TPSA) is 71.1 Å². The zero-order chi connectivity index (χ0) is 20.4. The van der Waals surface area contributed by atoms with Gasteiger partial charge in [-0.1, -0.05) is 24.3 Å². The fourth-order valence-corrected chi connectivity index (χ4v) is 2.61. The van der Waals surface area contributed by atoms with Crippen molar-refractivity contribution < 1.29 is 28.5 Å². The van der Waals surface area contributed by atoms with E-state index in [0.29, 0.717) is 36.7 Å². The Morgan fingerprint density at radius 3 is 2.36 bits per heavy atom. The highest BCUT2D eigenvalue weighted by Gasteiger charge is 2.20. The molecule has 6 heteroatoms. The van der Waals surface area contributed by atoms with E-state index >= 15 is 0 Å². The van der Waals surface area contributed by atoms with E-state index in [-0.39, 0.29) is 18.4 Å². The molecule has 0 aromatic heterocycles. The number of rotatable bonds is 11. The lowest BCUT2D eigenvalue weighted by Gasteiger charge is -2.15. The number of esters is 1. The van der Waals surface area contributed by atoms with Gasteiger partial charge < -0.3 is 18.9 Å². The van der Waals surface area contributed by atoms with Gasteiger partial charge in [0.05, 0.1) is 13.7 Å². The Balaban J connectivity index is 1.92. The number of methoxy groups -OCH3 is 1. The molecule has 0 saturated carbocycles. The van der Waals surface area contributed by atoms with E-state index < -0.39 is 6.10 Å². The maximum atomic E-state index is 12.3. The van der Waals surface area contributed by atoms with Crippen molar-refractivity contribution >= 4 is 11.8 Å². The second-order valence-corrected chi connectivity index (χ2v) is 5.99. The fourth-order valence-electron chi connectivity index (χ4n) is 2.61. The third kappa shape index (κ3) is 6.39. The maximum Gasteiger partial charge on any atom is 0.335 e. The molecule has 0 aliphatic rings. The smallest absolute Gasteiger partial charge is 0.335 e. The Morgan fingerprint density at radius 1 is 0.964 bits per heavy atom. The lowest BCUT2D eigenvalue weighted by molar-refractivity contribution is -0.156. The number of hydrogen-bond donors (Lipinski definition) is 0. The molecule has 0 saturated heterocycles. The van der Waals surface area contributed by atoms with Crippen LogP contribution in [0.25, 0.3) is 0 Å². The molecule has 2 aromatic rings. The van der Waals surface area contributed by atoms with Crippen LogP contribution in [0.1, 0.15) is 29.8 Å². The van der Waals surface area contributed by atoms with Gasteiger partial charge in [0.2, 0.25) is 0 Å². The van der Waals surface area contributed by atoms with Gasteiger partial charge in [-0.25, -0.2) is 4.79 Å². The molecule has 0 N–H and O–H groups in total. The molecule has 28 heavy (non-hydrogen) atoms. The molecular weight excluding hydrogens is 360 g/mol. The van der Waals surface area contributed by atoms with Crippen molar-refractivity contribution in [1.82, 2.24) is 0 Å². The number of carbonyl (C=O) groups is 2. The van der Waals surface area contributed by atoms with E-state index in [2.05, 4.69) is 0 Å². The fraction of sp³-hybridized carbons (Fsp3) is 0.364. The van der Waals surface area contributed by atoms with Crippen molar-refractivity contribution in [2.75, 3.05) is 26.9 Å². The second-order valence-electron chi connectivity index (χ2n) is 5.99. The molecular formula is C22H26O6. The van der Waals surface area contributed by atoms with E-state index in [4.69, 9.17) is 18.9 Å². The molecule has 1 atom stereocenters. The molecule has 2 aromatic carbocycles. The molecule has 150 valence electrons. The van der Waals surface area contributed by atoms with Gasteiger partial charge in [-0.05, 0) is 43.7 Å². The monoisotopic (exact) mass is 386 g/mol. The van der Waals surface area contributed by atoms with Gasteiger partial charge >= 0.3 is 5.97 Å². The molecule has 1 unspecified atom stereocenters. The molecule has 0 radical (unpaired) electrons. The van der Waals surface area contributed by atoms with Gasteiger partial charge in [-0.15, -0.1) is 0 Å². The third-order valence-corrected chi connectivity index (χ3v) is 4.02. The predicted molar refractivity (Wildman–Crippen MR) is 105 cm³/mol. The van der Waals surface area contributed by atoms with Crippen LogP contribution in [0, 0.1) is 0 Å². The highest BCUT2D eigenvalue weighted by Crippen LogP contribution is 2.17. The number of ketones is 1. The van der Waals surface area contributed by atoms with Gasteiger partial charge in [0.15, 0.2) is 18.5 Å². The molecule has 6 nitrogen and oxygen atoms in total. The molecule has 0 aliphatic heterocycles. The first kappa shape index (κ1) is 21.4. The zero-order valence-electron chi connectivity index (χ0n) is 16.5. The van der Waals surface area contributed by atoms with Gasteiger partial charge in [0.25, 0.3) is 0 Å². The number of ether oxygens (including phenoxy) is 4. The summed E-state index contributed by atoms with van der Waals surface area (Å²) in [6.45, 7) is 4.27. The van der Waals surface area contributed by atoms with Gasteiger partial charge in [0, 0.05) is 18.6 Å². The van der Waals surface area contributed by atoms with Crippen molar-refractivity contribution in [3.8, 4) is 11.5 Å². The van der Waals surface area contributed by atoms with Crippen molar-refractivity contribution in [2.45, 2.75) is 26.4 Å². The Labute approximate surface area is 165 Å². The van der Waals surface area contributed by atoms with Crippen molar-refractivity contribution in [2.24, 2.45) is 0 Å². The van der Waals surface area contributed by atoms with Crippen molar-refractivity contribution in [1.29, 1.82) is 0 Å². The normalized spacial score (nSPS) is 11.5. The molecule has 2 rings (SSSR count). The second kappa shape index (κ2) is 11.1. The van der Waals surface area contributed by atoms with Crippen LogP contribution in [-0.2, 0) is 20.7 Å². The lowest BCUT2D eigenvalue weighted by Crippen LogP contribution is -2.28. The maximum absolute atomic E-state index is 12.3. The Kier molecular flexibility index (Phi) is 8.49. The Bertz CT molecular complexity index is 769. The highest BCUT2D eigenvalue weighted by atomic mass is 16.6. The number of benzene rings is 2. The van der Waals surface area contributed by atoms with Crippen LogP contribution in [0.2, 0.25) is 0 Å². The van der Waals surface area contributed by atoms with E-state index in [1.54, 1.807) is 50.4 Å². The SMILES string of the molecule is CCOC(=O)C(Cc1ccc(OCC(=O)c2cccc(OC)c2)cc1)OCC. The van der Waals surface area contributed by atoms with Gasteiger partial charge in [0.1, 0.15) is 11.5 Å². The average Bonchev–Trinajstić information content (AvgIpc) is 2.72. The highest BCUT2D eigenvalue weighted by molar-refractivity contribution is 5.97. The number of Topliss-reactive ketones (excluding diaryl/α,β-unsaturated/α-hetero) is 1. The number of hydrogen-bond acceptors (Lipinski definition) is 6. The van der Waals surface area contributed by atoms with Crippen LogP contribution in [0.3, 0.4) is 0 Å². The van der Waals surface area contributed by atoms with E-state index in [1.165, 1.54) is 0 Å². The van der Waals surface area contributed by atoms with E-state index in [0.717, 1.165) is 5.56 Å². The summed E-state index contributed by atoms with van der Waals surface area (Å²) in [6.07, 6.45) is -0.221. The molecule has 0 fully saturated rings. The predicted octanol–water partition coefficient (Wildman–Crippen LogP) is 3.47. The van der Waals surface area contributed by atoms with Crippen LogP contribution < -0.4 is 9.47 Å². The van der Waals surface area contributed by atoms with Crippen LogP contribution in [0.4, 0.5) is 0 Å². The minimum absolute atomic E-state index is 0.0725. The average molecular weight is 386 g/mol. The van der Waals surface area contributed by atoms with Crippen LogP contribution >= 0.6 is 0 Å². The van der Waals surface area contributed by atoms with Crippen LogP contribution in [-0.4, -0.2) is 44.8 Å². The first-order valence-corrected chi connectivity index (χ1v) is 9.24. The summed E-state index contributed by atoms with van der Waals surface area (Å²) >= 11 is 0. The minimum atomic E-state index is -0.633. The zero-order valence-corrected chi connectivity index (χ0v) is 16.5. The molecule has 0 amide bonds. The standard InChI is InChI=1S/C22H26O6/c1-4-26-21(22(24)27-5-2)13-16-9-11-18(12-10-16)28-15-20(23)17-7-6-8-19(14-17)25-3/h6-12,14,21H,4-5,13,15H2,1-3H3. The van der Waals surface area contributed by atoms with E-state index in [1.807, 2.05) is 19.1 Å². The lowest BCUT2D eigenvalue weighted by atomic mass is 10.1. The van der Waals surface area contributed by atoms with Crippen molar-refractivity contribution in [3.63, 3.8) is 0 Å². The largest absolute Gasteiger partial charge is 0.497 e. The van der Waals surface area contributed by atoms with Crippen molar-refractivity contribution in [3.05, 3.63) is 59.7 Å². The summed E-state index contributed by atoms with van der Waals surface area (Å²) in [4.78, 5) is 24.2. The van der Waals surface area contributed by atoms with E-state index in [9.17, 15) is 9.59 Å². The van der Waals surface area contributed by atoms with Crippen LogP contribution in [0.5, 0.6) is 11.5 Å². The molecule has 0 heterocycles. The summed E-state index contributed by atoms with van der Waals surface area (Å²) in [7, 11) is 1.56. The minimum Gasteiger partial charge on any atom is -0.497 e. The summed E-state index contributed by atoms with van der Waals surface area (Å²) in [5, 5.41) is 0. The third-order valence-electron chi connectivity index (χ3n) is 4.02. The van der Waals surface area contributed by atoms with Gasteiger partial charge in [-0.3, -0.25) is 4.79 Å². The summed E-state index contributed by atoms with van der Waals surface area (Å²) in [5.41, 5.74) is 1.45. The quantitative estimate of drug-likeness (QED) is 0.435. The summed E-state index contributed by atoms with van der Waals surface area (Å²) in [5.74, 6) is 0.694. The van der Waals surface area contributed by atoms with Crippen LogP contribution in [0.15, 0.2) is 48.5 Å². The molecule has 0 aliphatic carbocycles. The Morgan fingerprint density at radius 2 is 1.71 bits per heavy atom.